The van der Waals surface area contributed by atoms with Gasteiger partial charge in [-0.2, -0.15) is 0 Å². The number of hydrogen-bond acceptors (Lipinski definition) is 8. The highest BCUT2D eigenvalue weighted by atomic mass is 19.1. The highest BCUT2D eigenvalue weighted by Crippen LogP contribution is 2.32. The lowest BCUT2D eigenvalue weighted by atomic mass is 9.91. The first-order chi connectivity index (χ1) is 24.7. The molecule has 4 aromatic rings. The fraction of sp³-hybridized carbons (Fsp3) is 0.436. The normalized spacial score (nSPS) is 22.2. The van der Waals surface area contributed by atoms with E-state index in [1.54, 1.807) is 12.1 Å². The lowest BCUT2D eigenvalue weighted by Gasteiger charge is -2.36. The van der Waals surface area contributed by atoms with Gasteiger partial charge in [0.1, 0.15) is 34.4 Å². The van der Waals surface area contributed by atoms with Crippen LogP contribution in [-0.4, -0.2) is 73.6 Å². The number of fused-ring (bicyclic) bond motifs is 1. The standard InChI is InChI=1S/C39H46FN7O4/c1-24-20-46(21-25(2)42-24)22-28-16-27(9-14-35(28)48)26-6-5-7-32(17-26)51-39-33(18-29(40)19-41-39)37(49)43-30-10-12-31(13-11-30)44-38(50)34-23-47-15-4-3-8-36(47)45-34/h5-7,9,14,16-19,23-25,30-31,42,48H,3-4,8,10-13,15,20-22H2,1-2H3,(H,43,49)(H,44,50)/t24-,25+,30-,31+. The summed E-state index contributed by atoms with van der Waals surface area (Å²) in [5, 5.41) is 20.4. The van der Waals surface area contributed by atoms with Gasteiger partial charge in [0, 0.05) is 68.5 Å². The van der Waals surface area contributed by atoms with E-state index >= 15 is 0 Å². The lowest BCUT2D eigenvalue weighted by Crippen LogP contribution is -2.53. The number of rotatable bonds is 9. The van der Waals surface area contributed by atoms with Gasteiger partial charge in [-0.25, -0.2) is 14.4 Å². The monoisotopic (exact) mass is 695 g/mol. The number of carbonyl (C=O) groups excluding carboxylic acids is 2. The van der Waals surface area contributed by atoms with Crippen LogP contribution in [0.1, 0.15) is 84.6 Å². The zero-order chi connectivity index (χ0) is 35.5. The number of imidazole rings is 1. The number of pyridine rings is 1. The molecule has 2 aromatic heterocycles. The Balaban J connectivity index is 0.975. The predicted molar refractivity (Wildman–Crippen MR) is 191 cm³/mol. The minimum atomic E-state index is -0.640. The Morgan fingerprint density at radius 2 is 1.69 bits per heavy atom. The van der Waals surface area contributed by atoms with E-state index in [1.165, 1.54) is 0 Å². The molecule has 2 atom stereocenters. The molecule has 3 aliphatic rings. The third-order valence-corrected chi connectivity index (χ3v) is 10.1. The second kappa shape index (κ2) is 15.2. The Morgan fingerprint density at radius 3 is 2.43 bits per heavy atom. The largest absolute Gasteiger partial charge is 0.508 e. The van der Waals surface area contributed by atoms with Crippen LogP contribution in [0.5, 0.6) is 17.4 Å². The molecule has 0 bridgehead atoms. The number of nitrogens with one attached hydrogen (secondary N) is 3. The predicted octanol–water partition coefficient (Wildman–Crippen LogP) is 5.57. The summed E-state index contributed by atoms with van der Waals surface area (Å²) in [5.74, 6) is 0.395. The van der Waals surface area contributed by atoms with Crippen LogP contribution in [0.4, 0.5) is 4.39 Å². The summed E-state index contributed by atoms with van der Waals surface area (Å²) in [6, 6.07) is 14.7. The van der Waals surface area contributed by atoms with Gasteiger partial charge in [-0.15, -0.1) is 0 Å². The van der Waals surface area contributed by atoms with Crippen molar-refractivity contribution in [3.8, 4) is 28.5 Å². The molecule has 2 aliphatic heterocycles. The summed E-state index contributed by atoms with van der Waals surface area (Å²) in [6.45, 7) is 7.65. The van der Waals surface area contributed by atoms with Crippen LogP contribution in [0.15, 0.2) is 60.9 Å². The number of benzene rings is 2. The van der Waals surface area contributed by atoms with Gasteiger partial charge in [0.05, 0.1) is 6.20 Å². The molecular weight excluding hydrogens is 649 g/mol. The Morgan fingerprint density at radius 1 is 0.961 bits per heavy atom. The van der Waals surface area contributed by atoms with E-state index in [4.69, 9.17) is 4.74 Å². The zero-order valence-electron chi connectivity index (χ0n) is 29.2. The summed E-state index contributed by atoms with van der Waals surface area (Å²) in [5.41, 5.74) is 3.07. The molecular formula is C39H46FN7O4. The highest BCUT2D eigenvalue weighted by Gasteiger charge is 2.27. The number of piperazine rings is 1. The molecule has 0 radical (unpaired) electrons. The average molecular weight is 696 g/mol. The summed E-state index contributed by atoms with van der Waals surface area (Å²) in [6.07, 6.45) is 8.71. The molecule has 0 spiro atoms. The van der Waals surface area contributed by atoms with Gasteiger partial charge in [-0.3, -0.25) is 14.5 Å². The molecule has 11 nitrogen and oxygen atoms in total. The van der Waals surface area contributed by atoms with Crippen molar-refractivity contribution in [3.05, 3.63) is 89.4 Å². The summed E-state index contributed by atoms with van der Waals surface area (Å²) < 4.78 is 22.6. The van der Waals surface area contributed by atoms with E-state index in [9.17, 15) is 19.1 Å². The summed E-state index contributed by atoms with van der Waals surface area (Å²) >= 11 is 0. The second-order valence-corrected chi connectivity index (χ2v) is 14.3. The first-order valence-electron chi connectivity index (χ1n) is 18.1. The summed E-state index contributed by atoms with van der Waals surface area (Å²) in [4.78, 5) is 37.4. The smallest absolute Gasteiger partial charge is 0.271 e. The van der Waals surface area contributed by atoms with Gasteiger partial charge in [0.25, 0.3) is 11.8 Å². The maximum absolute atomic E-state index is 14.4. The number of carbonyl (C=O) groups is 2. The Labute approximate surface area is 297 Å². The van der Waals surface area contributed by atoms with Gasteiger partial charge in [0.15, 0.2) is 0 Å². The molecule has 1 saturated carbocycles. The van der Waals surface area contributed by atoms with Crippen molar-refractivity contribution in [2.75, 3.05) is 13.1 Å². The molecule has 1 saturated heterocycles. The molecule has 2 fully saturated rings. The number of aromatic nitrogens is 3. The Bertz CT molecular complexity index is 1860. The first-order valence-corrected chi connectivity index (χ1v) is 18.1. The maximum Gasteiger partial charge on any atom is 0.271 e. The number of phenolic OH excluding ortho intramolecular Hbond substituents is 1. The van der Waals surface area contributed by atoms with E-state index in [2.05, 4.69) is 49.2 Å². The quantitative estimate of drug-likeness (QED) is 0.179. The zero-order valence-corrected chi connectivity index (χ0v) is 29.2. The van der Waals surface area contributed by atoms with E-state index < -0.39 is 11.7 Å². The molecule has 12 heteroatoms. The van der Waals surface area contributed by atoms with Crippen molar-refractivity contribution < 1.29 is 23.8 Å². The van der Waals surface area contributed by atoms with Crippen LogP contribution in [0.3, 0.4) is 0 Å². The molecule has 7 rings (SSSR count). The number of halogens is 1. The molecule has 2 aromatic carbocycles. The van der Waals surface area contributed by atoms with Crippen LogP contribution in [0, 0.1) is 5.82 Å². The topological polar surface area (TPSA) is 134 Å². The lowest BCUT2D eigenvalue weighted by molar-refractivity contribution is 0.0887. The van der Waals surface area contributed by atoms with E-state index in [0.29, 0.717) is 55.8 Å². The number of hydrogen-bond donors (Lipinski definition) is 4. The van der Waals surface area contributed by atoms with Crippen LogP contribution in [-0.2, 0) is 19.5 Å². The number of phenols is 1. The number of ether oxygens (including phenoxy) is 1. The number of aromatic hydroxyl groups is 1. The number of amides is 2. The summed E-state index contributed by atoms with van der Waals surface area (Å²) in [7, 11) is 0. The fourth-order valence-electron chi connectivity index (χ4n) is 7.65. The van der Waals surface area contributed by atoms with Crippen molar-refractivity contribution in [2.24, 2.45) is 0 Å². The molecule has 4 heterocycles. The SMILES string of the molecule is C[C@@H]1CN(Cc2cc(-c3cccc(Oc4ncc(F)cc4C(=O)N[C@H]4CC[C@@H](NC(=O)c5cn6c(n5)CCCC6)CC4)c3)ccc2O)C[C@H](C)N1. The van der Waals surface area contributed by atoms with Crippen molar-refractivity contribution in [1.29, 1.82) is 0 Å². The van der Waals surface area contributed by atoms with Crippen LogP contribution in [0.2, 0.25) is 0 Å². The Hall–Kier alpha value is -4.81. The first kappa shape index (κ1) is 34.6. The van der Waals surface area contributed by atoms with Crippen molar-refractivity contribution in [2.45, 2.75) is 96.1 Å². The van der Waals surface area contributed by atoms with Crippen LogP contribution >= 0.6 is 0 Å². The molecule has 51 heavy (non-hydrogen) atoms. The minimum Gasteiger partial charge on any atom is -0.508 e. The van der Waals surface area contributed by atoms with Gasteiger partial charge >= 0.3 is 0 Å². The highest BCUT2D eigenvalue weighted by molar-refractivity contribution is 5.96. The van der Waals surface area contributed by atoms with Crippen LogP contribution in [0.25, 0.3) is 11.1 Å². The maximum atomic E-state index is 14.4. The van der Waals surface area contributed by atoms with Crippen molar-refractivity contribution in [3.63, 3.8) is 0 Å². The minimum absolute atomic E-state index is 0.00288. The molecule has 1 aliphatic carbocycles. The average Bonchev–Trinajstić information content (AvgIpc) is 3.55. The second-order valence-electron chi connectivity index (χ2n) is 14.3. The van der Waals surface area contributed by atoms with Crippen molar-refractivity contribution in [1.82, 2.24) is 35.4 Å². The fourth-order valence-corrected chi connectivity index (χ4v) is 7.65. The van der Waals surface area contributed by atoms with E-state index in [0.717, 1.165) is 73.7 Å². The van der Waals surface area contributed by atoms with E-state index in [-0.39, 0.29) is 35.2 Å². The van der Waals surface area contributed by atoms with Gasteiger partial charge < -0.3 is 30.4 Å². The number of nitrogens with zero attached hydrogens (tertiary/aromatic N) is 4. The van der Waals surface area contributed by atoms with Crippen molar-refractivity contribution >= 4 is 11.8 Å². The molecule has 4 N–H and O–H groups in total. The number of aryl methyl sites for hydroxylation is 2. The molecule has 2 amide bonds. The van der Waals surface area contributed by atoms with Gasteiger partial charge in [-0.05, 0) is 93.8 Å². The van der Waals surface area contributed by atoms with Gasteiger partial charge in [0.2, 0.25) is 5.88 Å². The van der Waals surface area contributed by atoms with Gasteiger partial charge in [-0.1, -0.05) is 18.2 Å². The van der Waals surface area contributed by atoms with E-state index in [1.807, 2.05) is 36.5 Å². The van der Waals surface area contributed by atoms with Crippen LogP contribution < -0.4 is 20.7 Å². The Kier molecular flexibility index (Phi) is 10.3. The third kappa shape index (κ3) is 8.40. The molecule has 0 unspecified atom stereocenters. The third-order valence-electron chi connectivity index (χ3n) is 10.1. The molecule has 268 valence electrons.